The molecule has 0 aliphatic carbocycles. The maximum atomic E-state index is 10.2. The van der Waals surface area contributed by atoms with Gasteiger partial charge >= 0.3 is 0 Å². The van der Waals surface area contributed by atoms with Crippen LogP contribution in [0.4, 0.5) is 5.69 Å². The summed E-state index contributed by atoms with van der Waals surface area (Å²) >= 11 is 5.45. The lowest BCUT2D eigenvalue weighted by molar-refractivity contribution is -0.384. The Morgan fingerprint density at radius 3 is 2.38 bits per heavy atom. The van der Waals surface area contributed by atoms with E-state index in [1.807, 2.05) is 0 Å². The molecule has 0 saturated carbocycles. The maximum Gasteiger partial charge on any atom is 0.269 e. The number of non-ortho nitro benzene ring substituents is 1. The molecule has 1 aromatic rings. The second-order valence-corrected chi connectivity index (χ2v) is 2.55. The third-order valence-corrected chi connectivity index (χ3v) is 1.70. The van der Waals surface area contributed by atoms with E-state index in [9.17, 15) is 10.1 Å². The molecule has 0 unspecified atom stereocenters. The Morgan fingerprint density at radius 1 is 1.46 bits per heavy atom. The standard InChI is InChI=1S/C7H5ClN2O3/c8-7(9-11)5-1-3-6(4-2-5)10(12)13/h1-4,11H/b9-7-. The van der Waals surface area contributed by atoms with E-state index in [0.29, 0.717) is 5.56 Å². The van der Waals surface area contributed by atoms with E-state index in [-0.39, 0.29) is 10.9 Å². The highest BCUT2D eigenvalue weighted by atomic mass is 35.5. The molecule has 1 aromatic carbocycles. The van der Waals surface area contributed by atoms with Crippen molar-refractivity contribution >= 4 is 22.5 Å². The molecule has 0 atom stereocenters. The van der Waals surface area contributed by atoms with Gasteiger partial charge in [0.15, 0.2) is 5.17 Å². The minimum Gasteiger partial charge on any atom is -0.410 e. The van der Waals surface area contributed by atoms with E-state index < -0.39 is 4.92 Å². The van der Waals surface area contributed by atoms with Crippen LogP contribution in [0.3, 0.4) is 0 Å². The predicted octanol–water partition coefficient (Wildman–Crippen LogP) is 1.97. The second-order valence-electron chi connectivity index (χ2n) is 2.19. The lowest BCUT2D eigenvalue weighted by Gasteiger charge is -1.94. The van der Waals surface area contributed by atoms with Crippen molar-refractivity contribution in [2.24, 2.45) is 5.16 Å². The Morgan fingerprint density at radius 2 is 2.00 bits per heavy atom. The molecular formula is C7H5ClN2O3. The molecule has 6 heteroatoms. The van der Waals surface area contributed by atoms with Crippen LogP contribution in [0.15, 0.2) is 29.4 Å². The van der Waals surface area contributed by atoms with Crippen LogP contribution < -0.4 is 0 Å². The first-order valence-corrected chi connectivity index (χ1v) is 3.65. The highest BCUT2D eigenvalue weighted by Crippen LogP contribution is 2.13. The summed E-state index contributed by atoms with van der Waals surface area (Å²) in [7, 11) is 0. The van der Waals surface area contributed by atoms with Gasteiger partial charge in [0.2, 0.25) is 0 Å². The Bertz CT molecular complexity index is 347. The van der Waals surface area contributed by atoms with Gasteiger partial charge in [-0.1, -0.05) is 16.8 Å². The summed E-state index contributed by atoms with van der Waals surface area (Å²) in [6, 6.07) is 5.37. The fourth-order valence-corrected chi connectivity index (χ4v) is 0.904. The highest BCUT2D eigenvalue weighted by molar-refractivity contribution is 6.69. The average Bonchev–Trinajstić information content (AvgIpc) is 2.17. The number of rotatable bonds is 2. The molecule has 0 aromatic heterocycles. The van der Waals surface area contributed by atoms with Crippen LogP contribution in [0, 0.1) is 10.1 Å². The first-order valence-electron chi connectivity index (χ1n) is 3.27. The molecule has 0 bridgehead atoms. The van der Waals surface area contributed by atoms with Gasteiger partial charge in [0.05, 0.1) is 4.92 Å². The molecule has 0 fully saturated rings. The number of benzene rings is 1. The minimum absolute atomic E-state index is 0.0360. The van der Waals surface area contributed by atoms with E-state index in [0.717, 1.165) is 0 Å². The first-order chi connectivity index (χ1) is 6.15. The van der Waals surface area contributed by atoms with E-state index in [2.05, 4.69) is 5.16 Å². The molecule has 0 aliphatic rings. The van der Waals surface area contributed by atoms with Gasteiger partial charge in [-0.15, -0.1) is 0 Å². The Hall–Kier alpha value is -1.62. The lowest BCUT2D eigenvalue weighted by Crippen LogP contribution is -1.92. The molecule has 0 aliphatic heterocycles. The number of nitrogens with zero attached hydrogens (tertiary/aromatic N) is 2. The summed E-state index contributed by atoms with van der Waals surface area (Å²) in [6.07, 6.45) is 0. The van der Waals surface area contributed by atoms with Crippen molar-refractivity contribution in [2.45, 2.75) is 0 Å². The molecule has 0 spiro atoms. The quantitative estimate of drug-likeness (QED) is 0.343. The number of oxime groups is 1. The van der Waals surface area contributed by atoms with E-state index in [4.69, 9.17) is 16.8 Å². The van der Waals surface area contributed by atoms with Crippen LogP contribution in [0.5, 0.6) is 0 Å². The molecule has 1 rings (SSSR count). The van der Waals surface area contributed by atoms with Gasteiger partial charge in [0.1, 0.15) is 0 Å². The fourth-order valence-electron chi connectivity index (χ4n) is 0.778. The smallest absolute Gasteiger partial charge is 0.269 e. The van der Waals surface area contributed by atoms with Crippen molar-refractivity contribution in [3.8, 4) is 0 Å². The number of nitro groups is 1. The zero-order valence-electron chi connectivity index (χ0n) is 6.35. The highest BCUT2D eigenvalue weighted by Gasteiger charge is 2.05. The monoisotopic (exact) mass is 200 g/mol. The van der Waals surface area contributed by atoms with E-state index >= 15 is 0 Å². The summed E-state index contributed by atoms with van der Waals surface area (Å²) in [6.45, 7) is 0. The van der Waals surface area contributed by atoms with Crippen LogP contribution in [0.25, 0.3) is 0 Å². The van der Waals surface area contributed by atoms with Crippen LogP contribution in [0.2, 0.25) is 0 Å². The average molecular weight is 201 g/mol. The molecule has 0 heterocycles. The molecule has 1 N–H and O–H groups in total. The molecule has 0 amide bonds. The topological polar surface area (TPSA) is 75.7 Å². The Kier molecular flexibility index (Phi) is 2.81. The van der Waals surface area contributed by atoms with Gasteiger partial charge in [-0.2, -0.15) is 0 Å². The Balaban J connectivity index is 3.00. The zero-order valence-corrected chi connectivity index (χ0v) is 7.10. The summed E-state index contributed by atoms with van der Waals surface area (Å²) in [5.41, 5.74) is 0.390. The van der Waals surface area contributed by atoms with Gasteiger partial charge in [0.25, 0.3) is 5.69 Å². The summed E-state index contributed by atoms with van der Waals surface area (Å²) in [5, 5.41) is 21.2. The molecular weight excluding hydrogens is 196 g/mol. The minimum atomic E-state index is -0.520. The van der Waals surface area contributed by atoms with Crippen molar-refractivity contribution in [1.82, 2.24) is 0 Å². The maximum absolute atomic E-state index is 10.2. The van der Waals surface area contributed by atoms with Crippen LogP contribution in [-0.4, -0.2) is 15.3 Å². The molecule has 0 saturated heterocycles. The van der Waals surface area contributed by atoms with Gasteiger partial charge in [-0.05, 0) is 12.1 Å². The molecule has 5 nitrogen and oxygen atoms in total. The summed E-state index contributed by atoms with van der Waals surface area (Å²) in [4.78, 5) is 9.72. The number of halogens is 1. The number of hydrogen-bond donors (Lipinski definition) is 1. The van der Waals surface area contributed by atoms with Crippen molar-refractivity contribution in [2.75, 3.05) is 0 Å². The molecule has 13 heavy (non-hydrogen) atoms. The summed E-state index contributed by atoms with van der Waals surface area (Å²) in [5.74, 6) is 0. The molecule has 0 radical (unpaired) electrons. The second kappa shape index (κ2) is 3.86. The zero-order chi connectivity index (χ0) is 9.84. The first kappa shape index (κ1) is 9.47. The summed E-state index contributed by atoms with van der Waals surface area (Å²) < 4.78 is 0. The number of nitro benzene ring substituents is 1. The van der Waals surface area contributed by atoms with Crippen molar-refractivity contribution < 1.29 is 10.1 Å². The van der Waals surface area contributed by atoms with Gasteiger partial charge in [-0.3, -0.25) is 10.1 Å². The van der Waals surface area contributed by atoms with Gasteiger partial charge in [-0.25, -0.2) is 0 Å². The van der Waals surface area contributed by atoms with Gasteiger partial charge < -0.3 is 5.21 Å². The van der Waals surface area contributed by atoms with E-state index in [1.165, 1.54) is 24.3 Å². The van der Waals surface area contributed by atoms with E-state index in [1.54, 1.807) is 0 Å². The normalized spacial score (nSPS) is 11.3. The van der Waals surface area contributed by atoms with Crippen molar-refractivity contribution in [3.63, 3.8) is 0 Å². The van der Waals surface area contributed by atoms with Crippen LogP contribution in [0.1, 0.15) is 5.56 Å². The van der Waals surface area contributed by atoms with Crippen molar-refractivity contribution in [3.05, 3.63) is 39.9 Å². The largest absolute Gasteiger partial charge is 0.410 e. The predicted molar refractivity (Wildman–Crippen MR) is 47.3 cm³/mol. The fraction of sp³-hybridized carbons (Fsp3) is 0. The third-order valence-electron chi connectivity index (χ3n) is 1.40. The van der Waals surface area contributed by atoms with Crippen molar-refractivity contribution in [1.29, 1.82) is 0 Å². The SMILES string of the molecule is O=[N+]([O-])c1ccc(/C(Cl)=N/O)cc1. The van der Waals surface area contributed by atoms with Crippen LogP contribution >= 0.6 is 11.6 Å². The van der Waals surface area contributed by atoms with Gasteiger partial charge in [0, 0.05) is 17.7 Å². The Labute approximate surface area is 78.4 Å². The lowest BCUT2D eigenvalue weighted by atomic mass is 10.2. The van der Waals surface area contributed by atoms with Crippen LogP contribution in [-0.2, 0) is 0 Å². The number of hydrogen-bond acceptors (Lipinski definition) is 4. The third kappa shape index (κ3) is 2.16. The molecule has 68 valence electrons.